The first-order chi connectivity index (χ1) is 10.8. The van der Waals surface area contributed by atoms with Gasteiger partial charge >= 0.3 is 5.97 Å². The molecule has 7 nitrogen and oxygen atoms in total. The lowest BCUT2D eigenvalue weighted by atomic mass is 10.0. The van der Waals surface area contributed by atoms with Crippen LogP contribution in [0.3, 0.4) is 0 Å². The molecule has 1 saturated heterocycles. The fraction of sp³-hybridized carbons (Fsp3) is 0.467. The molecule has 1 amide bonds. The van der Waals surface area contributed by atoms with Crippen molar-refractivity contribution in [2.45, 2.75) is 30.2 Å². The number of piperidine rings is 1. The Morgan fingerprint density at radius 3 is 2.52 bits per heavy atom. The largest absolute Gasteiger partial charge is 0.480 e. The summed E-state index contributed by atoms with van der Waals surface area (Å²) in [5.41, 5.74) is 0. The molecule has 0 unspecified atom stereocenters. The van der Waals surface area contributed by atoms with Gasteiger partial charge in [0, 0.05) is 13.6 Å². The number of sulfonamides is 1. The second kappa shape index (κ2) is 7.10. The van der Waals surface area contributed by atoms with Crippen molar-refractivity contribution in [3.05, 3.63) is 30.3 Å². The highest BCUT2D eigenvalue weighted by Gasteiger charge is 2.33. The average Bonchev–Trinajstić information content (AvgIpc) is 2.55. The van der Waals surface area contributed by atoms with E-state index in [0.717, 1.165) is 17.1 Å². The summed E-state index contributed by atoms with van der Waals surface area (Å²) in [5, 5.41) is 9.20. The third kappa shape index (κ3) is 3.89. The SMILES string of the molecule is CN(CC(=O)N1CCCC[C@H]1C(=O)O)S(=O)(=O)c1ccccc1. The van der Waals surface area contributed by atoms with Crippen LogP contribution in [0.1, 0.15) is 19.3 Å². The molecule has 0 aromatic heterocycles. The Bertz CT molecular complexity index is 674. The lowest BCUT2D eigenvalue weighted by Crippen LogP contribution is -2.51. The molecule has 0 bridgehead atoms. The fourth-order valence-electron chi connectivity index (χ4n) is 2.63. The van der Waals surface area contributed by atoms with E-state index in [1.165, 1.54) is 24.1 Å². The molecule has 1 aliphatic rings. The molecular formula is C15H20N2O5S. The van der Waals surface area contributed by atoms with Crippen LogP contribution in [0.25, 0.3) is 0 Å². The zero-order valence-corrected chi connectivity index (χ0v) is 13.7. The van der Waals surface area contributed by atoms with E-state index in [9.17, 15) is 23.1 Å². The molecule has 0 aliphatic carbocycles. The van der Waals surface area contributed by atoms with Gasteiger partial charge in [-0.2, -0.15) is 4.31 Å². The molecule has 0 spiro atoms. The number of nitrogens with zero attached hydrogens (tertiary/aromatic N) is 2. The zero-order valence-electron chi connectivity index (χ0n) is 12.9. The standard InChI is InChI=1S/C15H20N2O5S/c1-16(23(21,22)12-7-3-2-4-8-12)11-14(18)17-10-6-5-9-13(17)15(19)20/h2-4,7-8,13H,5-6,9-11H2,1H3,(H,19,20)/t13-/m0/s1. The van der Waals surface area contributed by atoms with E-state index in [4.69, 9.17) is 0 Å². The van der Waals surface area contributed by atoms with Crippen molar-refractivity contribution < 1.29 is 23.1 Å². The van der Waals surface area contributed by atoms with Gasteiger partial charge in [0.15, 0.2) is 0 Å². The van der Waals surface area contributed by atoms with Crippen molar-refractivity contribution in [3.8, 4) is 0 Å². The van der Waals surface area contributed by atoms with Gasteiger partial charge in [-0.25, -0.2) is 13.2 Å². The lowest BCUT2D eigenvalue weighted by Gasteiger charge is -2.33. The number of hydrogen-bond donors (Lipinski definition) is 1. The summed E-state index contributed by atoms with van der Waals surface area (Å²) < 4.78 is 25.8. The van der Waals surface area contributed by atoms with Gasteiger partial charge in [-0.15, -0.1) is 0 Å². The molecule has 1 N–H and O–H groups in total. The number of aliphatic carboxylic acids is 1. The van der Waals surface area contributed by atoms with Crippen LogP contribution >= 0.6 is 0 Å². The summed E-state index contributed by atoms with van der Waals surface area (Å²) >= 11 is 0. The van der Waals surface area contributed by atoms with E-state index in [1.54, 1.807) is 18.2 Å². The predicted molar refractivity (Wildman–Crippen MR) is 83.2 cm³/mol. The smallest absolute Gasteiger partial charge is 0.326 e. The Labute approximate surface area is 135 Å². The minimum atomic E-state index is -3.77. The van der Waals surface area contributed by atoms with Gasteiger partial charge in [0.05, 0.1) is 11.4 Å². The van der Waals surface area contributed by atoms with Crippen LogP contribution in [0, 0.1) is 0 Å². The second-order valence-corrected chi connectivity index (χ2v) is 7.56. The third-order valence-corrected chi connectivity index (χ3v) is 5.74. The van der Waals surface area contributed by atoms with E-state index >= 15 is 0 Å². The number of hydrogen-bond acceptors (Lipinski definition) is 4. The van der Waals surface area contributed by atoms with Gasteiger partial charge in [0.1, 0.15) is 6.04 Å². The minimum absolute atomic E-state index is 0.101. The third-order valence-electron chi connectivity index (χ3n) is 3.92. The molecule has 1 aliphatic heterocycles. The zero-order chi connectivity index (χ0) is 17.0. The van der Waals surface area contributed by atoms with E-state index < -0.39 is 27.9 Å². The number of amides is 1. The first kappa shape index (κ1) is 17.4. The Kier molecular flexibility index (Phi) is 5.38. The first-order valence-corrected chi connectivity index (χ1v) is 8.81. The number of carbonyl (C=O) groups is 2. The number of likely N-dealkylation sites (tertiary alicyclic amines) is 1. The first-order valence-electron chi connectivity index (χ1n) is 7.37. The molecule has 1 aromatic carbocycles. The topological polar surface area (TPSA) is 95.0 Å². The molecule has 1 fully saturated rings. The van der Waals surface area contributed by atoms with Gasteiger partial charge in [0.2, 0.25) is 15.9 Å². The molecule has 8 heteroatoms. The Balaban J connectivity index is 2.11. The van der Waals surface area contributed by atoms with E-state index in [-0.39, 0.29) is 11.4 Å². The minimum Gasteiger partial charge on any atom is -0.480 e. The molecule has 1 heterocycles. The van der Waals surface area contributed by atoms with E-state index in [1.807, 2.05) is 0 Å². The van der Waals surface area contributed by atoms with Crippen molar-refractivity contribution in [2.75, 3.05) is 20.1 Å². The number of carbonyl (C=O) groups excluding carboxylic acids is 1. The van der Waals surface area contributed by atoms with Gasteiger partial charge in [-0.3, -0.25) is 4.79 Å². The Morgan fingerprint density at radius 1 is 1.26 bits per heavy atom. The molecule has 23 heavy (non-hydrogen) atoms. The van der Waals surface area contributed by atoms with Gasteiger partial charge in [-0.05, 0) is 31.4 Å². The van der Waals surface area contributed by atoms with Gasteiger partial charge in [0.25, 0.3) is 0 Å². The van der Waals surface area contributed by atoms with E-state index in [0.29, 0.717) is 13.0 Å². The summed E-state index contributed by atoms with van der Waals surface area (Å²) in [6, 6.07) is 6.95. The summed E-state index contributed by atoms with van der Waals surface area (Å²) in [6.45, 7) is -0.0317. The van der Waals surface area contributed by atoms with Crippen LogP contribution in [0.2, 0.25) is 0 Å². The molecule has 1 atom stereocenters. The highest BCUT2D eigenvalue weighted by atomic mass is 32.2. The van der Waals surface area contributed by atoms with Crippen LogP contribution in [0.4, 0.5) is 0 Å². The van der Waals surface area contributed by atoms with Crippen LogP contribution in [-0.4, -0.2) is 60.8 Å². The Morgan fingerprint density at radius 2 is 1.91 bits per heavy atom. The molecule has 1 aromatic rings. The van der Waals surface area contributed by atoms with Crippen LogP contribution in [-0.2, 0) is 19.6 Å². The molecule has 0 radical (unpaired) electrons. The molecular weight excluding hydrogens is 320 g/mol. The highest BCUT2D eigenvalue weighted by Crippen LogP contribution is 2.19. The van der Waals surface area contributed by atoms with E-state index in [2.05, 4.69) is 0 Å². The maximum Gasteiger partial charge on any atom is 0.326 e. The Hall–Kier alpha value is -1.93. The van der Waals surface area contributed by atoms with Gasteiger partial charge in [-0.1, -0.05) is 18.2 Å². The quantitative estimate of drug-likeness (QED) is 0.854. The van der Waals surface area contributed by atoms with Crippen molar-refractivity contribution in [2.24, 2.45) is 0 Å². The number of carboxylic acid groups (broad SMARTS) is 1. The van der Waals surface area contributed by atoms with Crippen molar-refractivity contribution >= 4 is 21.9 Å². The summed E-state index contributed by atoms with van der Waals surface area (Å²) in [4.78, 5) is 25.0. The van der Waals surface area contributed by atoms with Crippen molar-refractivity contribution in [1.29, 1.82) is 0 Å². The lowest BCUT2D eigenvalue weighted by molar-refractivity contribution is -0.152. The van der Waals surface area contributed by atoms with Crippen LogP contribution in [0.15, 0.2) is 35.2 Å². The monoisotopic (exact) mass is 340 g/mol. The number of benzene rings is 1. The normalized spacial score (nSPS) is 18.9. The number of likely N-dealkylation sites (N-methyl/N-ethyl adjacent to an activating group) is 1. The maximum atomic E-state index is 12.4. The average molecular weight is 340 g/mol. The maximum absolute atomic E-state index is 12.4. The highest BCUT2D eigenvalue weighted by molar-refractivity contribution is 7.89. The van der Waals surface area contributed by atoms with Crippen LogP contribution < -0.4 is 0 Å². The molecule has 2 rings (SSSR count). The second-order valence-electron chi connectivity index (χ2n) is 5.51. The fourth-order valence-corrected chi connectivity index (χ4v) is 3.77. The van der Waals surface area contributed by atoms with Crippen LogP contribution in [0.5, 0.6) is 0 Å². The van der Waals surface area contributed by atoms with Crippen molar-refractivity contribution in [1.82, 2.24) is 9.21 Å². The number of carboxylic acids is 1. The van der Waals surface area contributed by atoms with Gasteiger partial charge < -0.3 is 10.0 Å². The summed E-state index contributed by atoms with van der Waals surface area (Å²) in [6.07, 6.45) is 1.87. The summed E-state index contributed by atoms with van der Waals surface area (Å²) in [5.74, 6) is -1.54. The molecule has 0 saturated carbocycles. The number of rotatable bonds is 5. The molecule has 126 valence electrons. The summed E-state index contributed by atoms with van der Waals surface area (Å²) in [7, 11) is -2.45. The predicted octanol–water partition coefficient (Wildman–Crippen LogP) is 0.773. The van der Waals surface area contributed by atoms with Crippen molar-refractivity contribution in [3.63, 3.8) is 0 Å².